The summed E-state index contributed by atoms with van der Waals surface area (Å²) in [6, 6.07) is 15.3. The van der Waals surface area contributed by atoms with Crippen molar-refractivity contribution in [1.82, 2.24) is 4.98 Å². The first-order valence-electron chi connectivity index (χ1n) is 7.75. The number of nitrogens with zero attached hydrogens (tertiary/aromatic N) is 1. The lowest BCUT2D eigenvalue weighted by Gasteiger charge is -2.12. The number of hydrogen-bond donors (Lipinski definition) is 2. The van der Waals surface area contributed by atoms with E-state index in [1.54, 1.807) is 18.3 Å². The van der Waals surface area contributed by atoms with Crippen LogP contribution < -0.4 is 10.6 Å². The highest BCUT2D eigenvalue weighted by molar-refractivity contribution is 6.34. The van der Waals surface area contributed by atoms with E-state index in [-0.39, 0.29) is 5.91 Å². The van der Waals surface area contributed by atoms with E-state index in [0.29, 0.717) is 22.3 Å². The Kier molecular flexibility index (Phi) is 4.67. The minimum Gasteiger partial charge on any atom is -0.383 e. The Morgan fingerprint density at radius 2 is 1.88 bits per heavy atom. The molecule has 1 amide bonds. The first-order chi connectivity index (χ1) is 11.5. The summed E-state index contributed by atoms with van der Waals surface area (Å²) in [5, 5.41) is 7.48. The zero-order valence-corrected chi connectivity index (χ0v) is 14.3. The summed E-state index contributed by atoms with van der Waals surface area (Å²) in [4.78, 5) is 16.8. The predicted octanol–water partition coefficient (Wildman–Crippen LogP) is 4.96. The van der Waals surface area contributed by atoms with Gasteiger partial charge in [-0.2, -0.15) is 0 Å². The number of rotatable bonds is 4. The number of fused-ring (bicyclic) bond motifs is 1. The number of para-hydroxylation sites is 1. The van der Waals surface area contributed by atoms with Gasteiger partial charge in [0.25, 0.3) is 5.91 Å². The van der Waals surface area contributed by atoms with Crippen molar-refractivity contribution in [3.63, 3.8) is 0 Å². The van der Waals surface area contributed by atoms with Crippen molar-refractivity contribution in [2.45, 2.75) is 19.9 Å². The quantitative estimate of drug-likeness (QED) is 0.706. The smallest absolute Gasteiger partial charge is 0.257 e. The molecule has 2 aromatic carbocycles. The second-order valence-electron chi connectivity index (χ2n) is 5.86. The lowest BCUT2D eigenvalue weighted by atomic mass is 10.1. The molecule has 0 spiro atoms. The number of amides is 1. The van der Waals surface area contributed by atoms with Crippen LogP contribution in [0.2, 0.25) is 5.02 Å². The minimum atomic E-state index is -0.256. The van der Waals surface area contributed by atoms with Gasteiger partial charge in [-0.15, -0.1) is 0 Å². The van der Waals surface area contributed by atoms with Gasteiger partial charge < -0.3 is 10.6 Å². The van der Waals surface area contributed by atoms with E-state index < -0.39 is 0 Å². The maximum atomic E-state index is 12.5. The first-order valence-corrected chi connectivity index (χ1v) is 8.13. The van der Waals surface area contributed by atoms with Crippen LogP contribution in [0.5, 0.6) is 0 Å². The number of aromatic nitrogens is 1. The molecule has 1 heterocycles. The van der Waals surface area contributed by atoms with Crippen LogP contribution in [0.25, 0.3) is 10.9 Å². The van der Waals surface area contributed by atoms with Crippen LogP contribution in [0.3, 0.4) is 0 Å². The van der Waals surface area contributed by atoms with Gasteiger partial charge in [0.2, 0.25) is 0 Å². The Hall–Kier alpha value is -2.59. The number of carbonyl (C=O) groups excluding carboxylic acids is 1. The van der Waals surface area contributed by atoms with Gasteiger partial charge in [0, 0.05) is 17.1 Å². The van der Waals surface area contributed by atoms with Crippen LogP contribution in [0.4, 0.5) is 11.4 Å². The van der Waals surface area contributed by atoms with Crippen LogP contribution in [0.15, 0.2) is 54.7 Å². The molecule has 122 valence electrons. The third-order valence-electron chi connectivity index (χ3n) is 3.52. The van der Waals surface area contributed by atoms with Gasteiger partial charge in [-0.1, -0.05) is 29.8 Å². The highest BCUT2D eigenvalue weighted by Crippen LogP contribution is 2.23. The molecule has 2 N–H and O–H groups in total. The Morgan fingerprint density at radius 1 is 1.08 bits per heavy atom. The number of anilines is 2. The van der Waals surface area contributed by atoms with Gasteiger partial charge in [0.05, 0.1) is 28.0 Å². The van der Waals surface area contributed by atoms with E-state index >= 15 is 0 Å². The SMILES string of the molecule is CC(C)Nc1ccc(C(=O)Nc2cnc3ccccc3c2)c(Cl)c1. The van der Waals surface area contributed by atoms with Crippen molar-refractivity contribution in [2.75, 3.05) is 10.6 Å². The molecule has 0 radical (unpaired) electrons. The van der Waals surface area contributed by atoms with E-state index in [0.717, 1.165) is 16.6 Å². The van der Waals surface area contributed by atoms with Gasteiger partial charge in [0.15, 0.2) is 0 Å². The lowest BCUT2D eigenvalue weighted by molar-refractivity contribution is 0.102. The molecular formula is C19H18ClN3O. The number of pyridine rings is 1. The Labute approximate surface area is 145 Å². The van der Waals surface area contributed by atoms with Crippen molar-refractivity contribution in [1.29, 1.82) is 0 Å². The number of benzene rings is 2. The van der Waals surface area contributed by atoms with E-state index in [4.69, 9.17) is 11.6 Å². The zero-order valence-electron chi connectivity index (χ0n) is 13.5. The summed E-state index contributed by atoms with van der Waals surface area (Å²) in [7, 11) is 0. The van der Waals surface area contributed by atoms with Crippen LogP contribution in [-0.4, -0.2) is 16.9 Å². The van der Waals surface area contributed by atoms with Gasteiger partial charge >= 0.3 is 0 Å². The monoisotopic (exact) mass is 339 g/mol. The molecule has 0 fully saturated rings. The summed E-state index contributed by atoms with van der Waals surface area (Å²) >= 11 is 6.25. The van der Waals surface area contributed by atoms with Crippen molar-refractivity contribution >= 4 is 39.8 Å². The maximum Gasteiger partial charge on any atom is 0.257 e. The van der Waals surface area contributed by atoms with E-state index in [9.17, 15) is 4.79 Å². The molecule has 3 aromatic rings. The zero-order chi connectivity index (χ0) is 17.1. The fraction of sp³-hybridized carbons (Fsp3) is 0.158. The summed E-state index contributed by atoms with van der Waals surface area (Å²) in [5.74, 6) is -0.256. The van der Waals surface area contributed by atoms with Crippen LogP contribution in [0.1, 0.15) is 24.2 Å². The van der Waals surface area contributed by atoms with Crippen molar-refractivity contribution in [3.05, 3.63) is 65.3 Å². The van der Waals surface area contributed by atoms with Crippen LogP contribution >= 0.6 is 11.6 Å². The molecule has 3 rings (SSSR count). The Morgan fingerprint density at radius 3 is 2.62 bits per heavy atom. The predicted molar refractivity (Wildman–Crippen MR) is 99.9 cm³/mol. The number of halogens is 1. The van der Waals surface area contributed by atoms with Crippen LogP contribution in [-0.2, 0) is 0 Å². The minimum absolute atomic E-state index is 0.256. The molecule has 0 bridgehead atoms. The van der Waals surface area contributed by atoms with Crippen molar-refractivity contribution in [2.24, 2.45) is 0 Å². The van der Waals surface area contributed by atoms with E-state index in [1.165, 1.54) is 0 Å². The molecule has 0 aliphatic rings. The number of hydrogen-bond acceptors (Lipinski definition) is 3. The van der Waals surface area contributed by atoms with Gasteiger partial charge in [-0.05, 0) is 44.2 Å². The molecule has 0 unspecified atom stereocenters. The Balaban J connectivity index is 1.80. The summed E-state index contributed by atoms with van der Waals surface area (Å²) in [5.41, 5.74) is 2.84. The topological polar surface area (TPSA) is 54.0 Å². The largest absolute Gasteiger partial charge is 0.383 e. The lowest BCUT2D eigenvalue weighted by Crippen LogP contribution is -2.14. The fourth-order valence-corrected chi connectivity index (χ4v) is 2.73. The molecule has 0 saturated carbocycles. The van der Waals surface area contributed by atoms with E-state index in [2.05, 4.69) is 15.6 Å². The molecule has 0 aliphatic heterocycles. The standard InChI is InChI=1S/C19H18ClN3O/c1-12(2)22-14-7-8-16(17(20)10-14)19(24)23-15-9-13-5-3-4-6-18(13)21-11-15/h3-12,22H,1-2H3,(H,23,24). The molecule has 24 heavy (non-hydrogen) atoms. The molecule has 0 saturated heterocycles. The summed E-state index contributed by atoms with van der Waals surface area (Å²) < 4.78 is 0. The van der Waals surface area contributed by atoms with Gasteiger partial charge in [0.1, 0.15) is 0 Å². The molecule has 0 atom stereocenters. The summed E-state index contributed by atoms with van der Waals surface area (Å²) in [6.07, 6.45) is 1.64. The van der Waals surface area contributed by atoms with Gasteiger partial charge in [-0.25, -0.2) is 0 Å². The van der Waals surface area contributed by atoms with Gasteiger partial charge in [-0.3, -0.25) is 9.78 Å². The third kappa shape index (κ3) is 3.66. The third-order valence-corrected chi connectivity index (χ3v) is 3.83. The second-order valence-corrected chi connectivity index (χ2v) is 6.27. The molecule has 1 aromatic heterocycles. The maximum absolute atomic E-state index is 12.5. The normalized spacial score (nSPS) is 10.8. The number of carbonyl (C=O) groups is 1. The highest BCUT2D eigenvalue weighted by atomic mass is 35.5. The van der Waals surface area contributed by atoms with E-state index in [1.807, 2.05) is 50.2 Å². The average molecular weight is 340 g/mol. The van der Waals surface area contributed by atoms with Crippen molar-refractivity contribution < 1.29 is 4.79 Å². The first kappa shape index (κ1) is 16.3. The molecule has 4 nitrogen and oxygen atoms in total. The molecule has 0 aliphatic carbocycles. The second kappa shape index (κ2) is 6.89. The number of nitrogens with one attached hydrogen (secondary N) is 2. The summed E-state index contributed by atoms with van der Waals surface area (Å²) in [6.45, 7) is 4.09. The molecule has 5 heteroatoms. The Bertz CT molecular complexity index is 893. The average Bonchev–Trinajstić information content (AvgIpc) is 2.54. The van der Waals surface area contributed by atoms with Crippen molar-refractivity contribution in [3.8, 4) is 0 Å². The highest BCUT2D eigenvalue weighted by Gasteiger charge is 2.12. The van der Waals surface area contributed by atoms with Crippen LogP contribution in [0, 0.1) is 0 Å². The fourth-order valence-electron chi connectivity index (χ4n) is 2.46. The molecular weight excluding hydrogens is 322 g/mol.